The summed E-state index contributed by atoms with van der Waals surface area (Å²) in [7, 11) is 0. The number of hydrogen-bond acceptors (Lipinski definition) is 2. The Hall–Kier alpha value is -0.0800. The highest BCUT2D eigenvalue weighted by molar-refractivity contribution is 4.59. The predicted molar refractivity (Wildman–Crippen MR) is 43.7 cm³/mol. The summed E-state index contributed by atoms with van der Waals surface area (Å²) in [6.07, 6.45) is 5.40. The third-order valence-electron chi connectivity index (χ3n) is 1.94. The molecule has 0 aliphatic carbocycles. The zero-order chi connectivity index (χ0) is 7.23. The molecular weight excluding hydrogens is 124 g/mol. The van der Waals surface area contributed by atoms with Gasteiger partial charge < -0.3 is 0 Å². The van der Waals surface area contributed by atoms with Crippen molar-refractivity contribution in [1.29, 1.82) is 0 Å². The van der Waals surface area contributed by atoms with Crippen LogP contribution in [0.3, 0.4) is 0 Å². The number of nitrogens with one attached hydrogen (secondary N) is 1. The van der Waals surface area contributed by atoms with Crippen LogP contribution < -0.4 is 5.43 Å². The third kappa shape index (κ3) is 2.67. The molecule has 0 unspecified atom stereocenters. The fourth-order valence-electron chi connectivity index (χ4n) is 1.32. The summed E-state index contributed by atoms with van der Waals surface area (Å²) >= 11 is 0. The minimum Gasteiger partial charge on any atom is -0.255 e. The molecule has 0 aromatic carbocycles. The van der Waals surface area contributed by atoms with E-state index >= 15 is 0 Å². The largest absolute Gasteiger partial charge is 0.255 e. The van der Waals surface area contributed by atoms with E-state index in [0.717, 1.165) is 6.54 Å². The van der Waals surface area contributed by atoms with Gasteiger partial charge in [0.1, 0.15) is 0 Å². The first-order valence-electron chi connectivity index (χ1n) is 4.42. The van der Waals surface area contributed by atoms with Gasteiger partial charge in [-0.2, -0.15) is 0 Å². The van der Waals surface area contributed by atoms with E-state index < -0.39 is 0 Å². The van der Waals surface area contributed by atoms with E-state index in [9.17, 15) is 0 Å². The lowest BCUT2D eigenvalue weighted by molar-refractivity contribution is 0.155. The molecule has 0 atom stereocenters. The fourth-order valence-corrected chi connectivity index (χ4v) is 1.32. The molecule has 1 fully saturated rings. The Morgan fingerprint density at radius 3 is 2.50 bits per heavy atom. The molecule has 0 radical (unpaired) electrons. The molecule has 2 heteroatoms. The Bertz CT molecular complexity index is 77.3. The van der Waals surface area contributed by atoms with Gasteiger partial charge in [0.25, 0.3) is 0 Å². The quantitative estimate of drug-likeness (QED) is 0.640. The molecule has 1 aliphatic rings. The molecular formula is C8H18N2. The Labute approximate surface area is 63.6 Å². The minimum atomic E-state index is 1.14. The smallest absolute Gasteiger partial charge is 0.0131 e. The summed E-state index contributed by atoms with van der Waals surface area (Å²) < 4.78 is 0. The monoisotopic (exact) mass is 142 g/mol. The highest BCUT2D eigenvalue weighted by Gasteiger charge is 2.07. The maximum Gasteiger partial charge on any atom is 0.0131 e. The van der Waals surface area contributed by atoms with Gasteiger partial charge in [-0.15, -0.1) is 0 Å². The molecule has 0 aromatic rings. The Balaban J connectivity index is 2.02. The molecule has 60 valence electrons. The van der Waals surface area contributed by atoms with Gasteiger partial charge in [0.15, 0.2) is 0 Å². The van der Waals surface area contributed by atoms with E-state index in [1.54, 1.807) is 0 Å². The molecule has 1 rings (SSSR count). The molecule has 0 bridgehead atoms. The van der Waals surface area contributed by atoms with E-state index in [4.69, 9.17) is 0 Å². The molecule has 10 heavy (non-hydrogen) atoms. The van der Waals surface area contributed by atoms with E-state index in [1.165, 1.54) is 38.8 Å². The van der Waals surface area contributed by atoms with Crippen LogP contribution in [0.5, 0.6) is 0 Å². The molecule has 1 aliphatic heterocycles. The first-order valence-corrected chi connectivity index (χ1v) is 4.42. The van der Waals surface area contributed by atoms with Crippen molar-refractivity contribution in [3.63, 3.8) is 0 Å². The van der Waals surface area contributed by atoms with Gasteiger partial charge in [0, 0.05) is 19.6 Å². The van der Waals surface area contributed by atoms with E-state index in [-0.39, 0.29) is 0 Å². The standard InChI is InChI=1S/C8H18N2/c1-2-6-9-10-7-4-3-5-8-10/h9H,2-8H2,1H3. The van der Waals surface area contributed by atoms with Gasteiger partial charge in [0.2, 0.25) is 0 Å². The Morgan fingerprint density at radius 2 is 1.90 bits per heavy atom. The molecule has 0 aromatic heterocycles. The maximum atomic E-state index is 3.40. The number of hydrazine groups is 1. The lowest BCUT2D eigenvalue weighted by Gasteiger charge is -2.26. The van der Waals surface area contributed by atoms with Crippen LogP contribution in [0.4, 0.5) is 0 Å². The van der Waals surface area contributed by atoms with E-state index in [1.807, 2.05) is 0 Å². The Morgan fingerprint density at radius 1 is 1.20 bits per heavy atom. The molecule has 1 heterocycles. The maximum absolute atomic E-state index is 3.40. The molecule has 0 saturated carbocycles. The van der Waals surface area contributed by atoms with Crippen molar-refractivity contribution in [3.8, 4) is 0 Å². The van der Waals surface area contributed by atoms with Crippen molar-refractivity contribution in [3.05, 3.63) is 0 Å². The molecule has 0 spiro atoms. The van der Waals surface area contributed by atoms with Crippen molar-refractivity contribution < 1.29 is 0 Å². The van der Waals surface area contributed by atoms with Gasteiger partial charge in [-0.25, -0.2) is 5.01 Å². The minimum absolute atomic E-state index is 1.14. The van der Waals surface area contributed by atoms with Crippen LogP contribution in [0, 0.1) is 0 Å². The first kappa shape index (κ1) is 8.02. The van der Waals surface area contributed by atoms with Crippen molar-refractivity contribution >= 4 is 0 Å². The van der Waals surface area contributed by atoms with Crippen LogP contribution in [0.1, 0.15) is 32.6 Å². The first-order chi connectivity index (χ1) is 4.93. The lowest BCUT2D eigenvalue weighted by atomic mass is 10.2. The third-order valence-corrected chi connectivity index (χ3v) is 1.94. The van der Waals surface area contributed by atoms with Crippen molar-refractivity contribution in [2.75, 3.05) is 19.6 Å². The van der Waals surface area contributed by atoms with Crippen molar-refractivity contribution in [2.45, 2.75) is 32.6 Å². The zero-order valence-corrected chi connectivity index (χ0v) is 6.90. The average molecular weight is 142 g/mol. The summed E-state index contributed by atoms with van der Waals surface area (Å²) in [5, 5.41) is 2.35. The van der Waals surface area contributed by atoms with Gasteiger partial charge >= 0.3 is 0 Å². The summed E-state index contributed by atoms with van der Waals surface area (Å²) in [6.45, 7) is 5.84. The van der Waals surface area contributed by atoms with Crippen LogP contribution in [-0.2, 0) is 0 Å². The molecule has 1 N–H and O–H groups in total. The van der Waals surface area contributed by atoms with Gasteiger partial charge in [-0.1, -0.05) is 13.3 Å². The van der Waals surface area contributed by atoms with Gasteiger partial charge in [-0.05, 0) is 19.3 Å². The van der Waals surface area contributed by atoms with E-state index in [2.05, 4.69) is 17.4 Å². The highest BCUT2D eigenvalue weighted by Crippen LogP contribution is 2.05. The van der Waals surface area contributed by atoms with Crippen LogP contribution in [0.25, 0.3) is 0 Å². The molecule has 1 saturated heterocycles. The van der Waals surface area contributed by atoms with Crippen LogP contribution in [-0.4, -0.2) is 24.6 Å². The van der Waals surface area contributed by atoms with Crippen LogP contribution >= 0.6 is 0 Å². The topological polar surface area (TPSA) is 15.3 Å². The number of rotatable bonds is 3. The second-order valence-electron chi connectivity index (χ2n) is 2.96. The predicted octanol–water partition coefficient (Wildman–Crippen LogP) is 1.39. The average Bonchev–Trinajstić information content (AvgIpc) is 2.03. The second-order valence-corrected chi connectivity index (χ2v) is 2.96. The normalized spacial score (nSPS) is 21.3. The molecule has 0 amide bonds. The SMILES string of the molecule is CCCNN1CCCCC1. The van der Waals surface area contributed by atoms with Crippen molar-refractivity contribution in [2.24, 2.45) is 0 Å². The summed E-state index contributed by atoms with van der Waals surface area (Å²) in [6, 6.07) is 0. The number of nitrogens with zero attached hydrogens (tertiary/aromatic N) is 1. The zero-order valence-electron chi connectivity index (χ0n) is 6.90. The second kappa shape index (κ2) is 4.69. The van der Waals surface area contributed by atoms with Gasteiger partial charge in [-0.3, -0.25) is 5.43 Å². The highest BCUT2D eigenvalue weighted by atomic mass is 15.5. The van der Waals surface area contributed by atoms with Crippen LogP contribution in [0.15, 0.2) is 0 Å². The van der Waals surface area contributed by atoms with E-state index in [0.29, 0.717) is 0 Å². The lowest BCUT2D eigenvalue weighted by Crippen LogP contribution is -2.41. The Kier molecular flexibility index (Phi) is 3.76. The fraction of sp³-hybridized carbons (Fsp3) is 1.00. The summed E-state index contributed by atoms with van der Waals surface area (Å²) in [5.74, 6) is 0. The summed E-state index contributed by atoms with van der Waals surface area (Å²) in [5.41, 5.74) is 3.40. The number of piperidine rings is 1. The number of hydrogen-bond donors (Lipinski definition) is 1. The van der Waals surface area contributed by atoms with Crippen LogP contribution in [0.2, 0.25) is 0 Å². The molecule has 2 nitrogen and oxygen atoms in total. The van der Waals surface area contributed by atoms with Gasteiger partial charge in [0.05, 0.1) is 0 Å². The van der Waals surface area contributed by atoms with Crippen molar-refractivity contribution in [1.82, 2.24) is 10.4 Å². The summed E-state index contributed by atoms with van der Waals surface area (Å²) in [4.78, 5) is 0.